The molecule has 2 atom stereocenters. The molecule has 0 saturated carbocycles. The van der Waals surface area contributed by atoms with Crippen molar-refractivity contribution in [1.82, 2.24) is 0 Å². The van der Waals surface area contributed by atoms with Crippen molar-refractivity contribution in [3.63, 3.8) is 0 Å². The third-order valence-corrected chi connectivity index (χ3v) is 2.72. The van der Waals surface area contributed by atoms with Gasteiger partial charge < -0.3 is 16.2 Å². The molecule has 0 saturated heterocycles. The van der Waals surface area contributed by atoms with Gasteiger partial charge in [-0.25, -0.2) is 0 Å². The molecule has 0 radical (unpaired) electrons. The van der Waals surface area contributed by atoms with Crippen molar-refractivity contribution in [2.75, 3.05) is 0 Å². The van der Waals surface area contributed by atoms with E-state index in [1.54, 1.807) is 0 Å². The second-order valence-electron chi connectivity index (χ2n) is 4.89. The molecule has 2 unspecified atom stereocenters. The standard InChI is InChI=1S/C10H24N2O/c1-7(11)9(3,4)13-10(5,6)8(2)12/h7-8H,11-12H2,1-6H3. The van der Waals surface area contributed by atoms with E-state index in [2.05, 4.69) is 0 Å². The molecule has 0 aromatic heterocycles. The largest absolute Gasteiger partial charge is 0.367 e. The van der Waals surface area contributed by atoms with E-state index in [0.29, 0.717) is 0 Å². The fourth-order valence-electron chi connectivity index (χ4n) is 0.864. The van der Waals surface area contributed by atoms with Crippen LogP contribution in [0.25, 0.3) is 0 Å². The van der Waals surface area contributed by atoms with E-state index in [9.17, 15) is 0 Å². The number of hydrogen-bond acceptors (Lipinski definition) is 3. The highest BCUT2D eigenvalue weighted by atomic mass is 16.5. The van der Waals surface area contributed by atoms with E-state index in [0.717, 1.165) is 0 Å². The Labute approximate surface area is 81.8 Å². The summed E-state index contributed by atoms with van der Waals surface area (Å²) >= 11 is 0. The first kappa shape index (κ1) is 12.9. The molecule has 80 valence electrons. The van der Waals surface area contributed by atoms with E-state index in [1.807, 2.05) is 41.5 Å². The predicted molar refractivity (Wildman–Crippen MR) is 56.5 cm³/mol. The van der Waals surface area contributed by atoms with Gasteiger partial charge in [-0.05, 0) is 41.5 Å². The van der Waals surface area contributed by atoms with Crippen LogP contribution < -0.4 is 11.5 Å². The molecular weight excluding hydrogens is 164 g/mol. The third kappa shape index (κ3) is 3.63. The molecule has 0 bridgehead atoms. The minimum Gasteiger partial charge on any atom is -0.367 e. The molecule has 0 amide bonds. The lowest BCUT2D eigenvalue weighted by atomic mass is 9.95. The van der Waals surface area contributed by atoms with Crippen LogP contribution in [0.3, 0.4) is 0 Å². The molecule has 13 heavy (non-hydrogen) atoms. The minimum atomic E-state index is -0.336. The fourth-order valence-corrected chi connectivity index (χ4v) is 0.864. The Kier molecular flexibility index (Phi) is 3.91. The van der Waals surface area contributed by atoms with Crippen LogP contribution in [0, 0.1) is 0 Å². The summed E-state index contributed by atoms with van der Waals surface area (Å²) in [7, 11) is 0. The van der Waals surface area contributed by atoms with Gasteiger partial charge in [0, 0.05) is 12.1 Å². The molecule has 0 aliphatic rings. The first-order chi connectivity index (χ1) is 5.59. The van der Waals surface area contributed by atoms with Crippen molar-refractivity contribution in [2.45, 2.75) is 64.8 Å². The molecule has 3 heteroatoms. The maximum atomic E-state index is 5.90. The van der Waals surface area contributed by atoms with Crippen molar-refractivity contribution >= 4 is 0 Å². The van der Waals surface area contributed by atoms with Gasteiger partial charge in [0.1, 0.15) is 0 Å². The van der Waals surface area contributed by atoms with Crippen LogP contribution in [0.1, 0.15) is 41.5 Å². The van der Waals surface area contributed by atoms with Crippen LogP contribution in [-0.2, 0) is 4.74 Å². The number of ether oxygens (including phenoxy) is 1. The Bertz CT molecular complexity index is 144. The van der Waals surface area contributed by atoms with Crippen molar-refractivity contribution in [2.24, 2.45) is 11.5 Å². The van der Waals surface area contributed by atoms with Crippen LogP contribution in [0.2, 0.25) is 0 Å². The average molecular weight is 188 g/mol. The normalized spacial score (nSPS) is 18.5. The smallest absolute Gasteiger partial charge is 0.0782 e. The zero-order chi connectivity index (χ0) is 10.9. The molecule has 0 aliphatic heterocycles. The highest BCUT2D eigenvalue weighted by Crippen LogP contribution is 2.24. The molecule has 0 aromatic rings. The van der Waals surface area contributed by atoms with Crippen LogP contribution in [0.15, 0.2) is 0 Å². The number of rotatable bonds is 4. The molecule has 0 fully saturated rings. The Balaban J connectivity index is 4.42. The fraction of sp³-hybridized carbons (Fsp3) is 1.00. The number of hydrogen-bond donors (Lipinski definition) is 2. The van der Waals surface area contributed by atoms with Gasteiger partial charge in [0.2, 0.25) is 0 Å². The zero-order valence-corrected chi connectivity index (χ0v) is 9.72. The maximum Gasteiger partial charge on any atom is 0.0782 e. The molecule has 3 nitrogen and oxygen atoms in total. The van der Waals surface area contributed by atoms with E-state index in [4.69, 9.17) is 16.2 Å². The van der Waals surface area contributed by atoms with Crippen molar-refractivity contribution in [1.29, 1.82) is 0 Å². The summed E-state index contributed by atoms with van der Waals surface area (Å²) < 4.78 is 5.90. The Morgan fingerprint density at radius 1 is 0.846 bits per heavy atom. The zero-order valence-electron chi connectivity index (χ0n) is 9.72. The maximum absolute atomic E-state index is 5.90. The summed E-state index contributed by atoms with van der Waals surface area (Å²) in [4.78, 5) is 0. The molecule has 0 rings (SSSR count). The lowest BCUT2D eigenvalue weighted by Gasteiger charge is -2.40. The Morgan fingerprint density at radius 2 is 1.08 bits per heavy atom. The molecular formula is C10H24N2O. The Morgan fingerprint density at radius 3 is 1.23 bits per heavy atom. The second kappa shape index (κ2) is 3.95. The molecule has 0 aliphatic carbocycles. The minimum absolute atomic E-state index is 0.00877. The highest BCUT2D eigenvalue weighted by molar-refractivity contribution is 4.87. The topological polar surface area (TPSA) is 61.3 Å². The van der Waals surface area contributed by atoms with Crippen molar-refractivity contribution in [3.05, 3.63) is 0 Å². The van der Waals surface area contributed by atoms with Gasteiger partial charge in [0.25, 0.3) is 0 Å². The van der Waals surface area contributed by atoms with Crippen LogP contribution in [-0.4, -0.2) is 23.3 Å². The third-order valence-electron chi connectivity index (χ3n) is 2.72. The van der Waals surface area contributed by atoms with Gasteiger partial charge in [-0.2, -0.15) is 0 Å². The van der Waals surface area contributed by atoms with E-state index < -0.39 is 0 Å². The van der Waals surface area contributed by atoms with E-state index >= 15 is 0 Å². The van der Waals surface area contributed by atoms with Crippen molar-refractivity contribution < 1.29 is 4.74 Å². The summed E-state index contributed by atoms with van der Waals surface area (Å²) in [6.45, 7) is 11.8. The Hall–Kier alpha value is -0.120. The van der Waals surface area contributed by atoms with Crippen molar-refractivity contribution in [3.8, 4) is 0 Å². The number of nitrogens with two attached hydrogens (primary N) is 2. The highest BCUT2D eigenvalue weighted by Gasteiger charge is 2.34. The van der Waals surface area contributed by atoms with Crippen LogP contribution >= 0.6 is 0 Å². The van der Waals surface area contributed by atoms with Gasteiger partial charge in [0.05, 0.1) is 11.2 Å². The lowest BCUT2D eigenvalue weighted by molar-refractivity contribution is -0.139. The average Bonchev–Trinajstić information content (AvgIpc) is 1.83. The lowest BCUT2D eigenvalue weighted by Crippen LogP contribution is -2.53. The van der Waals surface area contributed by atoms with Gasteiger partial charge in [-0.1, -0.05) is 0 Å². The van der Waals surface area contributed by atoms with Crippen LogP contribution in [0.5, 0.6) is 0 Å². The first-order valence-corrected chi connectivity index (χ1v) is 4.81. The summed E-state index contributed by atoms with van der Waals surface area (Å²) in [5, 5.41) is 0. The predicted octanol–water partition coefficient (Wildman–Crippen LogP) is 1.25. The van der Waals surface area contributed by atoms with Gasteiger partial charge >= 0.3 is 0 Å². The van der Waals surface area contributed by atoms with E-state index in [1.165, 1.54) is 0 Å². The molecule has 0 heterocycles. The van der Waals surface area contributed by atoms with Crippen LogP contribution in [0.4, 0.5) is 0 Å². The summed E-state index contributed by atoms with van der Waals surface area (Å²) in [6, 6.07) is -0.0175. The molecule has 0 spiro atoms. The monoisotopic (exact) mass is 188 g/mol. The SMILES string of the molecule is CC(N)C(C)(C)OC(C)(C)C(C)N. The van der Waals surface area contributed by atoms with E-state index in [-0.39, 0.29) is 23.3 Å². The van der Waals surface area contributed by atoms with Gasteiger partial charge in [-0.3, -0.25) is 0 Å². The second-order valence-corrected chi connectivity index (χ2v) is 4.89. The summed E-state index contributed by atoms with van der Waals surface area (Å²) in [5.41, 5.74) is 11.0. The summed E-state index contributed by atoms with van der Waals surface area (Å²) in [5.74, 6) is 0. The van der Waals surface area contributed by atoms with Gasteiger partial charge in [0.15, 0.2) is 0 Å². The summed E-state index contributed by atoms with van der Waals surface area (Å²) in [6.07, 6.45) is 0. The molecule has 0 aromatic carbocycles. The quantitative estimate of drug-likeness (QED) is 0.698. The molecule has 4 N–H and O–H groups in total. The van der Waals surface area contributed by atoms with Gasteiger partial charge in [-0.15, -0.1) is 0 Å². The first-order valence-electron chi connectivity index (χ1n) is 4.81.